The molecule has 1 N–H and O–H groups in total. The third-order valence-electron chi connectivity index (χ3n) is 4.59. The average molecular weight is 335 g/mol. The number of benzene rings is 1. The Morgan fingerprint density at radius 1 is 1.39 bits per heavy atom. The number of ether oxygens (including phenoxy) is 1. The van der Waals surface area contributed by atoms with Gasteiger partial charge in [-0.15, -0.1) is 0 Å². The summed E-state index contributed by atoms with van der Waals surface area (Å²) in [6.07, 6.45) is 0. The normalized spacial score (nSPS) is 25.4. The fourth-order valence-corrected chi connectivity index (χ4v) is 3.80. The van der Waals surface area contributed by atoms with Crippen LogP contribution in [0.15, 0.2) is 18.2 Å². The van der Waals surface area contributed by atoms with Crippen LogP contribution in [0.3, 0.4) is 0 Å². The van der Waals surface area contributed by atoms with Gasteiger partial charge in [-0.2, -0.15) is 5.10 Å². The number of amides is 1. The van der Waals surface area contributed by atoms with E-state index in [9.17, 15) is 4.79 Å². The first-order valence-corrected chi connectivity index (χ1v) is 8.20. The van der Waals surface area contributed by atoms with Gasteiger partial charge < -0.3 is 10.1 Å². The van der Waals surface area contributed by atoms with E-state index in [2.05, 4.69) is 15.3 Å². The van der Waals surface area contributed by atoms with Gasteiger partial charge in [-0.1, -0.05) is 17.7 Å². The van der Waals surface area contributed by atoms with Gasteiger partial charge in [-0.25, -0.2) is 0 Å². The molecule has 2 aromatic rings. The quantitative estimate of drug-likeness (QED) is 0.896. The van der Waals surface area contributed by atoms with Crippen molar-refractivity contribution in [2.24, 2.45) is 13.0 Å². The van der Waals surface area contributed by atoms with E-state index in [1.54, 1.807) is 0 Å². The lowest BCUT2D eigenvalue weighted by atomic mass is 10.1. The van der Waals surface area contributed by atoms with Gasteiger partial charge in [0.25, 0.3) is 0 Å². The molecule has 0 radical (unpaired) electrons. The van der Waals surface area contributed by atoms with Crippen LogP contribution < -0.4 is 5.32 Å². The van der Waals surface area contributed by atoms with Crippen molar-refractivity contribution in [2.75, 3.05) is 26.3 Å². The highest BCUT2D eigenvalue weighted by Gasteiger charge is 2.33. The fraction of sp³-hybridized carbons (Fsp3) is 0.500. The van der Waals surface area contributed by atoms with Gasteiger partial charge in [0.15, 0.2) is 0 Å². The first-order valence-electron chi connectivity index (χ1n) is 7.82. The van der Waals surface area contributed by atoms with Crippen LogP contribution in [0.4, 0.5) is 0 Å². The number of aromatic nitrogens is 2. The molecule has 1 aromatic carbocycles. The summed E-state index contributed by atoms with van der Waals surface area (Å²) in [7, 11) is 1.93. The molecule has 2 atom stereocenters. The second-order valence-electron chi connectivity index (χ2n) is 6.34. The van der Waals surface area contributed by atoms with Crippen LogP contribution in [0.1, 0.15) is 5.69 Å². The lowest BCUT2D eigenvalue weighted by molar-refractivity contribution is -0.125. The van der Waals surface area contributed by atoms with Gasteiger partial charge in [-0.3, -0.25) is 14.4 Å². The van der Waals surface area contributed by atoms with Crippen molar-refractivity contribution < 1.29 is 9.53 Å². The molecular weight excluding hydrogens is 316 g/mol. The molecule has 2 bridgehead atoms. The Morgan fingerprint density at radius 2 is 2.26 bits per heavy atom. The molecule has 0 saturated carbocycles. The maximum atomic E-state index is 12.1. The lowest BCUT2D eigenvalue weighted by Gasteiger charge is -2.26. The smallest absolute Gasteiger partial charge is 0.227 e. The highest BCUT2D eigenvalue weighted by atomic mass is 35.5. The predicted octanol–water partition coefficient (Wildman–Crippen LogP) is 1.17. The minimum atomic E-state index is -0.118. The zero-order chi connectivity index (χ0) is 16.0. The van der Waals surface area contributed by atoms with E-state index in [-0.39, 0.29) is 17.9 Å². The zero-order valence-electron chi connectivity index (χ0n) is 13.0. The van der Waals surface area contributed by atoms with Crippen LogP contribution in [0.2, 0.25) is 5.02 Å². The highest BCUT2D eigenvalue weighted by Crippen LogP contribution is 2.28. The summed E-state index contributed by atoms with van der Waals surface area (Å²) in [5.74, 6) is -0.0214. The molecule has 122 valence electrons. The molecule has 23 heavy (non-hydrogen) atoms. The number of fused-ring (bicyclic) bond motifs is 4. The Morgan fingerprint density at radius 3 is 3.13 bits per heavy atom. The average Bonchev–Trinajstić information content (AvgIpc) is 2.62. The molecular formula is C16H19ClN4O2. The third-order valence-corrected chi connectivity index (χ3v) is 4.90. The lowest BCUT2D eigenvalue weighted by Crippen LogP contribution is -2.41. The Kier molecular flexibility index (Phi) is 3.75. The number of carbonyl (C=O) groups excluding carboxylic acids is 1. The fourth-order valence-electron chi connectivity index (χ4n) is 3.53. The van der Waals surface area contributed by atoms with Crippen molar-refractivity contribution in [3.8, 4) is 0 Å². The molecule has 0 spiro atoms. The Hall–Kier alpha value is -1.63. The second-order valence-corrected chi connectivity index (χ2v) is 6.75. The van der Waals surface area contributed by atoms with Crippen molar-refractivity contribution in [1.82, 2.24) is 20.0 Å². The van der Waals surface area contributed by atoms with Crippen LogP contribution in [0, 0.1) is 5.92 Å². The molecule has 6 nitrogen and oxygen atoms in total. The summed E-state index contributed by atoms with van der Waals surface area (Å²) >= 11 is 6.39. The number of carbonyl (C=O) groups is 1. The topological polar surface area (TPSA) is 59.4 Å². The second kappa shape index (κ2) is 5.78. The van der Waals surface area contributed by atoms with Gasteiger partial charge in [0, 0.05) is 32.1 Å². The molecule has 2 saturated heterocycles. The van der Waals surface area contributed by atoms with E-state index in [1.807, 2.05) is 29.9 Å². The number of aryl methyl sites for hydroxylation is 1. The Labute approximate surface area is 139 Å². The largest absolute Gasteiger partial charge is 0.378 e. The van der Waals surface area contributed by atoms with Crippen molar-refractivity contribution >= 4 is 28.4 Å². The van der Waals surface area contributed by atoms with E-state index in [4.69, 9.17) is 16.3 Å². The maximum Gasteiger partial charge on any atom is 0.227 e. The number of rotatable bonds is 2. The molecule has 2 fully saturated rings. The van der Waals surface area contributed by atoms with Crippen molar-refractivity contribution in [2.45, 2.75) is 12.6 Å². The van der Waals surface area contributed by atoms with Crippen molar-refractivity contribution in [3.05, 3.63) is 28.9 Å². The summed E-state index contributed by atoms with van der Waals surface area (Å²) in [5, 5.41) is 9.42. The third kappa shape index (κ3) is 2.71. The molecule has 1 amide bonds. The standard InChI is InChI=1S/C16H19ClN4O2/c1-20-14-4-2-3-12(17)15(14)13(19-20)7-21-5-10-8-23-9-11(6-21)18-16(10)22/h2-4,10-11H,5-9H2,1H3,(H,18,22)/t10-,11+/m1/s1. The molecule has 0 unspecified atom stereocenters. The van der Waals surface area contributed by atoms with Crippen LogP contribution in [-0.2, 0) is 23.1 Å². The number of halogens is 1. The number of hydrogen-bond acceptors (Lipinski definition) is 4. The zero-order valence-corrected chi connectivity index (χ0v) is 13.7. The van der Waals surface area contributed by atoms with E-state index in [0.717, 1.165) is 28.2 Å². The van der Waals surface area contributed by atoms with Crippen LogP contribution in [0.25, 0.3) is 10.9 Å². The minimum absolute atomic E-state index is 0.0421. The summed E-state index contributed by atoms with van der Waals surface area (Å²) in [6, 6.07) is 5.89. The molecule has 2 aliphatic rings. The molecule has 3 heterocycles. The van der Waals surface area contributed by atoms with Gasteiger partial charge >= 0.3 is 0 Å². The minimum Gasteiger partial charge on any atom is -0.378 e. The van der Waals surface area contributed by atoms with Gasteiger partial charge in [0.05, 0.1) is 41.4 Å². The highest BCUT2D eigenvalue weighted by molar-refractivity contribution is 6.35. The van der Waals surface area contributed by atoms with Gasteiger partial charge in [-0.05, 0) is 12.1 Å². The van der Waals surface area contributed by atoms with Crippen molar-refractivity contribution in [1.29, 1.82) is 0 Å². The molecule has 2 aliphatic heterocycles. The molecule has 7 heteroatoms. The monoisotopic (exact) mass is 334 g/mol. The first-order chi connectivity index (χ1) is 11.1. The summed E-state index contributed by atoms with van der Waals surface area (Å²) in [6.45, 7) is 3.20. The number of nitrogens with zero attached hydrogens (tertiary/aromatic N) is 3. The molecule has 4 rings (SSSR count). The number of nitrogens with one attached hydrogen (secondary N) is 1. The van der Waals surface area contributed by atoms with E-state index in [0.29, 0.717) is 26.3 Å². The molecule has 0 aliphatic carbocycles. The van der Waals surface area contributed by atoms with Gasteiger partial charge in [0.1, 0.15) is 0 Å². The summed E-state index contributed by atoms with van der Waals surface area (Å²) < 4.78 is 7.44. The number of hydrogen-bond donors (Lipinski definition) is 1. The van der Waals surface area contributed by atoms with E-state index >= 15 is 0 Å². The molecule has 1 aromatic heterocycles. The van der Waals surface area contributed by atoms with E-state index < -0.39 is 0 Å². The Bertz CT molecular complexity index is 760. The van der Waals surface area contributed by atoms with Gasteiger partial charge in [0.2, 0.25) is 5.91 Å². The van der Waals surface area contributed by atoms with Crippen molar-refractivity contribution in [3.63, 3.8) is 0 Å². The van der Waals surface area contributed by atoms with Crippen LogP contribution in [0.5, 0.6) is 0 Å². The summed E-state index contributed by atoms with van der Waals surface area (Å²) in [4.78, 5) is 14.4. The summed E-state index contributed by atoms with van der Waals surface area (Å²) in [5.41, 5.74) is 1.99. The first kappa shape index (κ1) is 14.9. The van der Waals surface area contributed by atoms with E-state index in [1.165, 1.54) is 0 Å². The van der Waals surface area contributed by atoms with Crippen LogP contribution in [-0.4, -0.2) is 52.9 Å². The van der Waals surface area contributed by atoms with Crippen LogP contribution >= 0.6 is 11.6 Å². The maximum absolute atomic E-state index is 12.1. The predicted molar refractivity (Wildman–Crippen MR) is 87.2 cm³/mol. The Balaban J connectivity index is 1.65. The SMILES string of the molecule is Cn1nc(CN2C[C@H]3COC[C@@H](C2)C(=O)N3)c2c(Cl)cccc21.